The smallest absolute Gasteiger partial charge is 0.264 e. The van der Waals surface area contributed by atoms with Gasteiger partial charge in [0.1, 0.15) is 0 Å². The average Bonchev–Trinajstić information content (AvgIpc) is 3.62. The predicted molar refractivity (Wildman–Crippen MR) is 355 cm³/mol. The van der Waals surface area contributed by atoms with E-state index < -0.39 is 0 Å². The first-order valence-corrected chi connectivity index (χ1v) is 31.6. The normalized spacial score (nSPS) is 19.5. The highest BCUT2D eigenvalue weighted by Crippen LogP contribution is 2.57. The van der Waals surface area contributed by atoms with Crippen LogP contribution < -0.4 is 25.5 Å². The zero-order chi connectivity index (χ0) is 57.7. The van der Waals surface area contributed by atoms with E-state index in [1.807, 2.05) is 0 Å². The maximum absolute atomic E-state index is 2.77. The highest BCUT2D eigenvalue weighted by molar-refractivity contribution is 7.33. The molecule has 0 unspecified atom stereocenters. The van der Waals surface area contributed by atoms with Gasteiger partial charge in [0.2, 0.25) is 0 Å². The molecule has 0 fully saturated rings. The molecule has 7 aromatic carbocycles. The number of benzene rings is 7. The van der Waals surface area contributed by atoms with Crippen molar-refractivity contribution in [3.8, 4) is 22.3 Å². The van der Waals surface area contributed by atoms with Gasteiger partial charge in [-0.2, -0.15) is 0 Å². The first-order chi connectivity index (χ1) is 37.8. The van der Waals surface area contributed by atoms with E-state index in [1.54, 1.807) is 0 Å². The van der Waals surface area contributed by atoms with Crippen molar-refractivity contribution in [1.82, 2.24) is 0 Å². The molecule has 3 aliphatic carbocycles. The van der Waals surface area contributed by atoms with E-state index in [-0.39, 0.29) is 50.0 Å². The standard InChI is InChI=1S/C77H89BN2S/c1-46-35-64-67-65(36-46)80(62-44-59-57(74(12,13)31-33-76(59,16)17)42-53(62)47-23-21-20-22-24-47)63-39-48(49-37-50(70(2,3)4)40-51(38-49)71(5,6)7)25-28-61(63)78(67)69-68(54-43-58-60(45-66(54)81-69)77(18,19)34-32-75(58,14)15)79(64)52-26-27-55-56(41-52)73(10,11)30-29-72(55,8)9/h20-28,35-45H,29-34H2,1-19H3. The van der Waals surface area contributed by atoms with Crippen molar-refractivity contribution in [3.63, 3.8) is 0 Å². The van der Waals surface area contributed by atoms with Gasteiger partial charge in [0, 0.05) is 43.2 Å². The molecule has 0 saturated carbocycles. The summed E-state index contributed by atoms with van der Waals surface area (Å²) in [6.45, 7) is 46.4. The minimum Gasteiger partial charge on any atom is -0.311 e. The third-order valence-corrected chi connectivity index (χ3v) is 22.4. The van der Waals surface area contributed by atoms with Crippen LogP contribution in [0.15, 0.2) is 121 Å². The summed E-state index contributed by atoms with van der Waals surface area (Å²) in [7, 11) is 0. The van der Waals surface area contributed by atoms with Crippen LogP contribution in [0, 0.1) is 6.92 Å². The molecular weight excluding hydrogens is 996 g/mol. The van der Waals surface area contributed by atoms with Gasteiger partial charge in [-0.15, -0.1) is 11.3 Å². The number of hydrogen-bond acceptors (Lipinski definition) is 3. The fraction of sp³-hybridized carbons (Fsp3) is 0.429. The number of hydrogen-bond donors (Lipinski definition) is 0. The van der Waals surface area contributed by atoms with Crippen molar-refractivity contribution in [2.45, 2.75) is 213 Å². The minimum absolute atomic E-state index is 0.000465. The lowest BCUT2D eigenvalue weighted by Gasteiger charge is -2.46. The maximum atomic E-state index is 2.77. The van der Waals surface area contributed by atoms with E-state index in [2.05, 4.69) is 274 Å². The summed E-state index contributed by atoms with van der Waals surface area (Å²) >= 11 is 2.07. The van der Waals surface area contributed by atoms with Crippen LogP contribution in [0.3, 0.4) is 0 Å². The molecule has 81 heavy (non-hydrogen) atoms. The molecule has 13 rings (SSSR count). The Morgan fingerprint density at radius 1 is 0.420 bits per heavy atom. The lowest BCUT2D eigenvalue weighted by atomic mass is 9.36. The Morgan fingerprint density at radius 2 is 0.926 bits per heavy atom. The predicted octanol–water partition coefficient (Wildman–Crippen LogP) is 20.3. The van der Waals surface area contributed by atoms with Crippen LogP contribution in [0.5, 0.6) is 0 Å². The van der Waals surface area contributed by atoms with Crippen LogP contribution in [0.1, 0.15) is 213 Å². The maximum Gasteiger partial charge on any atom is 0.264 e. The van der Waals surface area contributed by atoms with Crippen LogP contribution in [-0.2, 0) is 43.3 Å². The lowest BCUT2D eigenvalue weighted by Crippen LogP contribution is -2.60. The highest BCUT2D eigenvalue weighted by atomic mass is 32.1. The summed E-state index contributed by atoms with van der Waals surface area (Å²) in [5, 5.41) is 1.39. The monoisotopic (exact) mass is 1080 g/mol. The fourth-order valence-electron chi connectivity index (χ4n) is 15.4. The van der Waals surface area contributed by atoms with E-state index in [1.165, 1.54) is 158 Å². The molecule has 4 heteroatoms. The molecule has 0 N–H and O–H groups in total. The summed E-state index contributed by atoms with van der Waals surface area (Å²) in [4.78, 5) is 5.53. The van der Waals surface area contributed by atoms with Gasteiger partial charge in [-0.05, 0) is 221 Å². The lowest BCUT2D eigenvalue weighted by molar-refractivity contribution is 0.332. The number of fused-ring (bicyclic) bond motifs is 9. The fourth-order valence-corrected chi connectivity index (χ4v) is 16.7. The quantitative estimate of drug-likeness (QED) is 0.162. The number of rotatable bonds is 4. The van der Waals surface area contributed by atoms with Crippen molar-refractivity contribution < 1.29 is 0 Å². The Balaban J connectivity index is 1.17. The zero-order valence-electron chi connectivity index (χ0n) is 52.7. The number of thiophene rings is 1. The molecule has 2 nitrogen and oxygen atoms in total. The van der Waals surface area contributed by atoms with Crippen molar-refractivity contribution in [1.29, 1.82) is 0 Å². The molecule has 8 aromatic rings. The minimum atomic E-state index is -0.0172. The Bertz CT molecular complexity index is 3900. The third kappa shape index (κ3) is 8.50. The van der Waals surface area contributed by atoms with Crippen molar-refractivity contribution in [2.75, 3.05) is 9.80 Å². The largest absolute Gasteiger partial charge is 0.311 e. The Labute approximate surface area is 491 Å². The van der Waals surface area contributed by atoms with Crippen LogP contribution in [-0.4, -0.2) is 6.71 Å². The first-order valence-electron chi connectivity index (χ1n) is 30.8. The number of aryl methyl sites for hydroxylation is 1. The topological polar surface area (TPSA) is 6.48 Å². The van der Waals surface area contributed by atoms with E-state index >= 15 is 0 Å². The van der Waals surface area contributed by atoms with Gasteiger partial charge in [0.25, 0.3) is 6.71 Å². The Hall–Kier alpha value is -5.84. The molecule has 2 aliphatic heterocycles. The second-order valence-electron chi connectivity index (χ2n) is 31.9. The Morgan fingerprint density at radius 3 is 1.49 bits per heavy atom. The van der Waals surface area contributed by atoms with Gasteiger partial charge in [0.15, 0.2) is 0 Å². The van der Waals surface area contributed by atoms with E-state index in [9.17, 15) is 0 Å². The van der Waals surface area contributed by atoms with Crippen molar-refractivity contribution in [2.24, 2.45) is 0 Å². The van der Waals surface area contributed by atoms with Gasteiger partial charge in [-0.25, -0.2) is 0 Å². The molecule has 0 amide bonds. The van der Waals surface area contributed by atoms with E-state index in [0.29, 0.717) is 0 Å². The van der Waals surface area contributed by atoms with E-state index in [4.69, 9.17) is 0 Å². The van der Waals surface area contributed by atoms with Crippen LogP contribution in [0.25, 0.3) is 32.3 Å². The second-order valence-corrected chi connectivity index (χ2v) is 33.0. The number of nitrogens with zero attached hydrogens (tertiary/aromatic N) is 2. The summed E-state index contributed by atoms with van der Waals surface area (Å²) in [6.07, 6.45) is 7.05. The second kappa shape index (κ2) is 17.6. The van der Waals surface area contributed by atoms with Crippen molar-refractivity contribution >= 4 is 78.0 Å². The number of anilines is 6. The third-order valence-electron chi connectivity index (χ3n) is 21.2. The molecule has 416 valence electrons. The molecule has 3 heterocycles. The van der Waals surface area contributed by atoms with Gasteiger partial charge in [-0.1, -0.05) is 191 Å². The molecule has 0 radical (unpaired) electrons. The molecule has 0 atom stereocenters. The molecular formula is C77H89BN2S. The zero-order valence-corrected chi connectivity index (χ0v) is 53.5. The molecule has 0 saturated heterocycles. The summed E-state index contributed by atoms with van der Waals surface area (Å²) in [5.41, 5.74) is 29.0. The van der Waals surface area contributed by atoms with Gasteiger partial charge in [0.05, 0.1) is 11.4 Å². The van der Waals surface area contributed by atoms with Crippen LogP contribution in [0.4, 0.5) is 34.1 Å². The summed E-state index contributed by atoms with van der Waals surface area (Å²) in [6, 6.07) is 49.8. The molecule has 0 bridgehead atoms. The van der Waals surface area contributed by atoms with Crippen LogP contribution in [0.2, 0.25) is 0 Å². The van der Waals surface area contributed by atoms with Crippen molar-refractivity contribution in [3.05, 3.63) is 171 Å². The van der Waals surface area contributed by atoms with E-state index in [0.717, 1.165) is 12.8 Å². The average molecular weight is 1090 g/mol. The molecule has 0 spiro atoms. The summed E-state index contributed by atoms with van der Waals surface area (Å²) < 4.78 is 2.85. The van der Waals surface area contributed by atoms with Gasteiger partial charge < -0.3 is 9.80 Å². The van der Waals surface area contributed by atoms with Gasteiger partial charge in [-0.3, -0.25) is 0 Å². The molecule has 5 aliphatic rings. The summed E-state index contributed by atoms with van der Waals surface area (Å²) in [5.74, 6) is 0. The first kappa shape index (κ1) is 54.4. The van der Waals surface area contributed by atoms with Crippen LogP contribution >= 0.6 is 11.3 Å². The SMILES string of the molecule is Cc1cc2c3c(c1)N(c1ccc4c(c1)C(C)(C)CCC4(C)C)c1c(sc4cc5c(cc14)C(C)(C)CCC5(C)C)B3c1ccc(-c3cc(C(C)(C)C)cc(C(C)(C)C)c3)cc1N2c1cc2c(cc1-c1ccccc1)C(C)(C)CCC2(C)C. The molecule has 1 aromatic heterocycles. The van der Waals surface area contributed by atoms with Gasteiger partial charge >= 0.3 is 0 Å². The Kier molecular flexibility index (Phi) is 11.8. The highest BCUT2D eigenvalue weighted by Gasteiger charge is 2.49.